The lowest BCUT2D eigenvalue weighted by molar-refractivity contribution is 0.102. The third kappa shape index (κ3) is 3.74. The standard InChI is InChI=1S/C17H14FN3O2/c18-14-3-1-2-12(10-14)11-21-9-8-16(20-21)19-17(23)13-4-6-15(22)7-5-13/h1-10,22H,11H2,(H,19,20,23). The van der Waals surface area contributed by atoms with Gasteiger partial charge in [0.05, 0.1) is 6.54 Å². The van der Waals surface area contributed by atoms with E-state index in [-0.39, 0.29) is 17.5 Å². The lowest BCUT2D eigenvalue weighted by Crippen LogP contribution is -2.12. The van der Waals surface area contributed by atoms with E-state index in [4.69, 9.17) is 0 Å². The first-order valence-electron chi connectivity index (χ1n) is 6.98. The molecule has 1 amide bonds. The number of nitrogens with zero attached hydrogens (tertiary/aromatic N) is 2. The summed E-state index contributed by atoms with van der Waals surface area (Å²) in [4.78, 5) is 12.0. The Balaban J connectivity index is 1.67. The van der Waals surface area contributed by atoms with Crippen molar-refractivity contribution in [1.29, 1.82) is 0 Å². The summed E-state index contributed by atoms with van der Waals surface area (Å²) in [6.07, 6.45) is 1.71. The first kappa shape index (κ1) is 14.8. The maximum atomic E-state index is 13.2. The van der Waals surface area contributed by atoms with Gasteiger partial charge in [-0.1, -0.05) is 12.1 Å². The van der Waals surface area contributed by atoms with E-state index in [0.717, 1.165) is 5.56 Å². The zero-order valence-electron chi connectivity index (χ0n) is 12.1. The van der Waals surface area contributed by atoms with Gasteiger partial charge in [0.25, 0.3) is 5.91 Å². The van der Waals surface area contributed by atoms with Crippen molar-refractivity contribution in [1.82, 2.24) is 9.78 Å². The summed E-state index contributed by atoms with van der Waals surface area (Å²) < 4.78 is 14.8. The Kier molecular flexibility index (Phi) is 4.05. The van der Waals surface area contributed by atoms with Crippen LogP contribution in [0.4, 0.5) is 10.2 Å². The summed E-state index contributed by atoms with van der Waals surface area (Å²) in [5.74, 6) is -0.114. The molecule has 0 radical (unpaired) electrons. The first-order valence-corrected chi connectivity index (χ1v) is 6.98. The number of rotatable bonds is 4. The van der Waals surface area contributed by atoms with E-state index >= 15 is 0 Å². The number of halogens is 1. The minimum Gasteiger partial charge on any atom is -0.508 e. The van der Waals surface area contributed by atoms with E-state index in [0.29, 0.717) is 17.9 Å². The second-order valence-electron chi connectivity index (χ2n) is 5.03. The highest BCUT2D eigenvalue weighted by molar-refractivity contribution is 6.03. The number of amides is 1. The van der Waals surface area contributed by atoms with E-state index in [1.165, 1.54) is 36.4 Å². The second-order valence-corrected chi connectivity index (χ2v) is 5.03. The molecule has 0 atom stereocenters. The van der Waals surface area contributed by atoms with Gasteiger partial charge in [0, 0.05) is 17.8 Å². The molecule has 0 aliphatic carbocycles. The van der Waals surface area contributed by atoms with Gasteiger partial charge in [0.1, 0.15) is 11.6 Å². The van der Waals surface area contributed by atoms with Crippen LogP contribution in [0.1, 0.15) is 15.9 Å². The summed E-state index contributed by atoms with van der Waals surface area (Å²) in [6.45, 7) is 0.410. The largest absolute Gasteiger partial charge is 0.508 e. The Morgan fingerprint density at radius 1 is 1.17 bits per heavy atom. The van der Waals surface area contributed by atoms with Crippen molar-refractivity contribution >= 4 is 11.7 Å². The smallest absolute Gasteiger partial charge is 0.256 e. The van der Waals surface area contributed by atoms with Crippen molar-refractivity contribution in [3.8, 4) is 5.75 Å². The van der Waals surface area contributed by atoms with Gasteiger partial charge < -0.3 is 10.4 Å². The summed E-state index contributed by atoms with van der Waals surface area (Å²) >= 11 is 0. The minimum atomic E-state index is -0.319. The molecule has 0 spiro atoms. The molecule has 0 saturated carbocycles. The molecule has 0 aliphatic rings. The Morgan fingerprint density at radius 2 is 1.96 bits per heavy atom. The molecule has 3 aromatic rings. The number of nitrogens with one attached hydrogen (secondary N) is 1. The summed E-state index contributed by atoms with van der Waals surface area (Å²) in [6, 6.07) is 13.9. The number of benzene rings is 2. The van der Waals surface area contributed by atoms with Crippen LogP contribution in [0.15, 0.2) is 60.8 Å². The Labute approximate surface area is 132 Å². The van der Waals surface area contributed by atoms with Crippen LogP contribution in [0.5, 0.6) is 5.75 Å². The molecule has 1 heterocycles. The van der Waals surface area contributed by atoms with Crippen LogP contribution in [-0.4, -0.2) is 20.8 Å². The monoisotopic (exact) mass is 311 g/mol. The Morgan fingerprint density at radius 3 is 2.70 bits per heavy atom. The highest BCUT2D eigenvalue weighted by Gasteiger charge is 2.08. The maximum absolute atomic E-state index is 13.2. The van der Waals surface area contributed by atoms with Crippen molar-refractivity contribution in [3.63, 3.8) is 0 Å². The number of phenolic OH excluding ortho intramolecular Hbond substituents is 1. The van der Waals surface area contributed by atoms with Gasteiger partial charge in [0.15, 0.2) is 5.82 Å². The summed E-state index contributed by atoms with van der Waals surface area (Å²) in [5, 5.41) is 16.1. The first-order chi connectivity index (χ1) is 11.1. The number of carbonyl (C=O) groups is 1. The maximum Gasteiger partial charge on any atom is 0.256 e. The quantitative estimate of drug-likeness (QED) is 0.778. The average Bonchev–Trinajstić information content (AvgIpc) is 2.95. The van der Waals surface area contributed by atoms with Gasteiger partial charge in [-0.3, -0.25) is 9.48 Å². The summed E-state index contributed by atoms with van der Waals surface area (Å²) in [7, 11) is 0. The molecule has 1 aromatic heterocycles. The average molecular weight is 311 g/mol. The molecule has 5 nitrogen and oxygen atoms in total. The van der Waals surface area contributed by atoms with Crippen LogP contribution < -0.4 is 5.32 Å². The Bertz CT molecular complexity index is 828. The van der Waals surface area contributed by atoms with Crippen LogP contribution in [0.25, 0.3) is 0 Å². The SMILES string of the molecule is O=C(Nc1ccn(Cc2cccc(F)c2)n1)c1ccc(O)cc1. The molecule has 2 aromatic carbocycles. The number of aromatic hydroxyl groups is 1. The number of hydrogen-bond donors (Lipinski definition) is 2. The van der Waals surface area contributed by atoms with Crippen molar-refractivity contribution in [2.75, 3.05) is 5.32 Å². The highest BCUT2D eigenvalue weighted by atomic mass is 19.1. The van der Waals surface area contributed by atoms with Gasteiger partial charge in [0.2, 0.25) is 0 Å². The van der Waals surface area contributed by atoms with Crippen molar-refractivity contribution < 1.29 is 14.3 Å². The topological polar surface area (TPSA) is 67.2 Å². The molecule has 0 unspecified atom stereocenters. The molecule has 23 heavy (non-hydrogen) atoms. The van der Waals surface area contributed by atoms with Crippen molar-refractivity contribution in [3.05, 3.63) is 77.7 Å². The zero-order chi connectivity index (χ0) is 16.2. The van der Waals surface area contributed by atoms with E-state index in [9.17, 15) is 14.3 Å². The molecule has 2 N–H and O–H groups in total. The Hall–Kier alpha value is -3.15. The number of hydrogen-bond acceptors (Lipinski definition) is 3. The van der Waals surface area contributed by atoms with Gasteiger partial charge in [-0.05, 0) is 42.0 Å². The number of phenols is 1. The zero-order valence-corrected chi connectivity index (χ0v) is 12.1. The van der Waals surface area contributed by atoms with E-state index in [1.54, 1.807) is 29.1 Å². The van der Waals surface area contributed by atoms with Gasteiger partial charge in [-0.2, -0.15) is 5.10 Å². The molecule has 0 saturated heterocycles. The van der Waals surface area contributed by atoms with Crippen LogP contribution >= 0.6 is 0 Å². The molecule has 0 aliphatic heterocycles. The third-order valence-corrected chi connectivity index (χ3v) is 3.25. The van der Waals surface area contributed by atoms with Crippen LogP contribution in [-0.2, 0) is 6.54 Å². The lowest BCUT2D eigenvalue weighted by Gasteiger charge is -2.03. The fourth-order valence-corrected chi connectivity index (χ4v) is 2.14. The molecule has 3 rings (SSSR count). The van der Waals surface area contributed by atoms with E-state index in [2.05, 4.69) is 10.4 Å². The minimum absolute atomic E-state index is 0.0981. The van der Waals surface area contributed by atoms with Gasteiger partial charge >= 0.3 is 0 Å². The number of anilines is 1. The van der Waals surface area contributed by atoms with E-state index < -0.39 is 0 Å². The van der Waals surface area contributed by atoms with Crippen LogP contribution in [0, 0.1) is 5.82 Å². The predicted molar refractivity (Wildman–Crippen MR) is 83.8 cm³/mol. The molecular formula is C17H14FN3O2. The molecule has 0 bridgehead atoms. The fraction of sp³-hybridized carbons (Fsp3) is 0.0588. The van der Waals surface area contributed by atoms with Crippen molar-refractivity contribution in [2.45, 2.75) is 6.54 Å². The summed E-state index contributed by atoms with van der Waals surface area (Å²) in [5.41, 5.74) is 1.20. The van der Waals surface area contributed by atoms with E-state index in [1.807, 2.05) is 0 Å². The lowest BCUT2D eigenvalue weighted by atomic mass is 10.2. The fourth-order valence-electron chi connectivity index (χ4n) is 2.14. The number of carbonyl (C=O) groups excluding carboxylic acids is 1. The number of aromatic nitrogens is 2. The molecule has 0 fully saturated rings. The predicted octanol–water partition coefficient (Wildman–Crippen LogP) is 3.03. The van der Waals surface area contributed by atoms with Crippen LogP contribution in [0.2, 0.25) is 0 Å². The van der Waals surface area contributed by atoms with Gasteiger partial charge in [-0.15, -0.1) is 0 Å². The third-order valence-electron chi connectivity index (χ3n) is 3.25. The molecule has 6 heteroatoms. The molecule has 116 valence electrons. The second kappa shape index (κ2) is 6.31. The highest BCUT2D eigenvalue weighted by Crippen LogP contribution is 2.12. The normalized spacial score (nSPS) is 10.5. The van der Waals surface area contributed by atoms with Crippen molar-refractivity contribution in [2.24, 2.45) is 0 Å². The van der Waals surface area contributed by atoms with Gasteiger partial charge in [-0.25, -0.2) is 4.39 Å². The molecular weight excluding hydrogens is 297 g/mol. The van der Waals surface area contributed by atoms with Crippen LogP contribution in [0.3, 0.4) is 0 Å².